The van der Waals surface area contributed by atoms with Crippen LogP contribution < -0.4 is 10.9 Å². The summed E-state index contributed by atoms with van der Waals surface area (Å²) in [5.74, 6) is -1.81. The predicted octanol–water partition coefficient (Wildman–Crippen LogP) is 2.49. The van der Waals surface area contributed by atoms with Crippen LogP contribution in [0.1, 0.15) is 26.2 Å². The monoisotopic (exact) mass is 347 g/mol. The highest BCUT2D eigenvalue weighted by atomic mass is 19.2. The Morgan fingerprint density at radius 1 is 1.28 bits per heavy atom. The first-order chi connectivity index (χ1) is 12.0. The van der Waals surface area contributed by atoms with E-state index in [1.807, 2.05) is 6.92 Å². The van der Waals surface area contributed by atoms with E-state index >= 15 is 0 Å². The number of nitrogens with one attached hydrogen (secondary N) is 1. The van der Waals surface area contributed by atoms with E-state index in [2.05, 4.69) is 10.4 Å². The number of benzene rings is 1. The van der Waals surface area contributed by atoms with Gasteiger partial charge in [-0.2, -0.15) is 5.10 Å². The maximum absolute atomic E-state index is 13.4. The summed E-state index contributed by atoms with van der Waals surface area (Å²) in [6.45, 7) is 2.15. The fourth-order valence-electron chi connectivity index (χ4n) is 2.54. The molecule has 1 aliphatic rings. The lowest BCUT2D eigenvalue weighted by molar-refractivity contribution is -0.123. The molecule has 1 atom stereocenters. The van der Waals surface area contributed by atoms with Crippen LogP contribution in [0.5, 0.6) is 0 Å². The topological polar surface area (TPSA) is 64.0 Å². The lowest BCUT2D eigenvalue weighted by Gasteiger charge is -2.18. The van der Waals surface area contributed by atoms with Crippen molar-refractivity contribution in [2.45, 2.75) is 38.8 Å². The second kappa shape index (κ2) is 7.13. The van der Waals surface area contributed by atoms with Crippen molar-refractivity contribution in [3.05, 3.63) is 52.3 Å². The molecule has 132 valence electrons. The molecule has 0 bridgehead atoms. The molecule has 1 aliphatic carbocycles. The summed E-state index contributed by atoms with van der Waals surface area (Å²) < 4.78 is 27.7. The van der Waals surface area contributed by atoms with Gasteiger partial charge in [0.1, 0.15) is 0 Å². The van der Waals surface area contributed by atoms with Gasteiger partial charge in [0, 0.05) is 23.6 Å². The normalized spacial score (nSPS) is 15.0. The van der Waals surface area contributed by atoms with Crippen molar-refractivity contribution in [1.82, 2.24) is 15.1 Å². The number of halogens is 2. The minimum Gasteiger partial charge on any atom is -0.351 e. The first-order valence-electron chi connectivity index (χ1n) is 8.32. The van der Waals surface area contributed by atoms with E-state index in [-0.39, 0.29) is 30.0 Å². The molecule has 1 amide bonds. The number of carbonyl (C=O) groups is 1. The average molecular weight is 347 g/mol. The molecule has 1 N–H and O–H groups in total. The average Bonchev–Trinajstić information content (AvgIpc) is 3.43. The van der Waals surface area contributed by atoms with Crippen molar-refractivity contribution in [3.8, 4) is 11.3 Å². The number of nitrogens with zero attached hydrogens (tertiary/aromatic N) is 2. The third kappa shape index (κ3) is 4.10. The van der Waals surface area contributed by atoms with E-state index in [0.717, 1.165) is 25.0 Å². The number of hydrogen-bond donors (Lipinski definition) is 1. The Morgan fingerprint density at radius 2 is 2.04 bits per heavy atom. The van der Waals surface area contributed by atoms with Gasteiger partial charge in [0.15, 0.2) is 11.6 Å². The zero-order chi connectivity index (χ0) is 18.0. The van der Waals surface area contributed by atoms with Crippen molar-refractivity contribution in [3.63, 3.8) is 0 Å². The summed E-state index contributed by atoms with van der Waals surface area (Å²) in [4.78, 5) is 24.0. The molecule has 0 saturated heterocycles. The maximum Gasteiger partial charge on any atom is 0.266 e. The molecule has 1 heterocycles. The maximum atomic E-state index is 13.4. The van der Waals surface area contributed by atoms with Gasteiger partial charge >= 0.3 is 0 Å². The molecule has 1 aromatic heterocycles. The van der Waals surface area contributed by atoms with Crippen LogP contribution in [0.25, 0.3) is 11.3 Å². The van der Waals surface area contributed by atoms with Gasteiger partial charge in [-0.25, -0.2) is 13.5 Å². The quantitative estimate of drug-likeness (QED) is 0.873. The van der Waals surface area contributed by atoms with Gasteiger partial charge in [0.2, 0.25) is 5.91 Å². The Morgan fingerprint density at radius 3 is 2.68 bits per heavy atom. The lowest BCUT2D eigenvalue weighted by Crippen LogP contribution is -2.41. The molecule has 1 aromatic carbocycles. The van der Waals surface area contributed by atoms with E-state index in [0.29, 0.717) is 17.7 Å². The second-order valence-corrected chi connectivity index (χ2v) is 6.26. The number of amides is 1. The molecule has 0 spiro atoms. The van der Waals surface area contributed by atoms with Crippen LogP contribution >= 0.6 is 0 Å². The van der Waals surface area contributed by atoms with Gasteiger partial charge in [-0.1, -0.05) is 6.92 Å². The molecule has 7 heteroatoms. The number of aromatic nitrogens is 2. The van der Waals surface area contributed by atoms with Gasteiger partial charge in [0.05, 0.1) is 12.2 Å². The molecule has 25 heavy (non-hydrogen) atoms. The van der Waals surface area contributed by atoms with Crippen LogP contribution in [-0.4, -0.2) is 21.7 Å². The van der Waals surface area contributed by atoms with Gasteiger partial charge in [0.25, 0.3) is 5.56 Å². The largest absolute Gasteiger partial charge is 0.351 e. The molecule has 1 saturated carbocycles. The molecular formula is C18H19F2N3O2. The highest BCUT2D eigenvalue weighted by Gasteiger charge is 2.30. The zero-order valence-electron chi connectivity index (χ0n) is 13.8. The summed E-state index contributed by atoms with van der Waals surface area (Å²) >= 11 is 0. The molecule has 2 aromatic rings. The smallest absolute Gasteiger partial charge is 0.266 e. The Bertz CT molecular complexity index is 846. The zero-order valence-corrected chi connectivity index (χ0v) is 13.8. The van der Waals surface area contributed by atoms with Crippen LogP contribution in [0.15, 0.2) is 35.1 Å². The highest BCUT2D eigenvalue weighted by molar-refractivity contribution is 5.81. The minimum absolute atomic E-state index is 0.0108. The van der Waals surface area contributed by atoms with Gasteiger partial charge in [-0.3, -0.25) is 9.59 Å². The third-order valence-corrected chi connectivity index (χ3v) is 4.26. The summed E-state index contributed by atoms with van der Waals surface area (Å²) in [5.41, 5.74) is 0.426. The number of rotatable bonds is 6. The molecule has 3 rings (SSSR count). The Labute approximate surface area is 143 Å². The second-order valence-electron chi connectivity index (χ2n) is 6.26. The first-order valence-corrected chi connectivity index (χ1v) is 8.32. The van der Waals surface area contributed by atoms with Crippen LogP contribution in [0.4, 0.5) is 8.78 Å². The van der Waals surface area contributed by atoms with Gasteiger partial charge < -0.3 is 5.32 Å². The summed E-state index contributed by atoms with van der Waals surface area (Å²) in [7, 11) is 0. The molecule has 1 fully saturated rings. The van der Waals surface area contributed by atoms with Crippen molar-refractivity contribution < 1.29 is 13.6 Å². The van der Waals surface area contributed by atoms with Gasteiger partial charge in [-0.15, -0.1) is 0 Å². The van der Waals surface area contributed by atoms with Crippen molar-refractivity contribution in [2.75, 3.05) is 0 Å². The van der Waals surface area contributed by atoms with Gasteiger partial charge in [-0.05, 0) is 43.5 Å². The fourth-order valence-corrected chi connectivity index (χ4v) is 2.54. The highest BCUT2D eigenvalue weighted by Crippen LogP contribution is 2.29. The van der Waals surface area contributed by atoms with Crippen molar-refractivity contribution in [2.24, 2.45) is 5.92 Å². The lowest BCUT2D eigenvalue weighted by atomic mass is 10.1. The van der Waals surface area contributed by atoms with E-state index in [4.69, 9.17) is 0 Å². The Kier molecular flexibility index (Phi) is 4.92. The first kappa shape index (κ1) is 17.3. The van der Waals surface area contributed by atoms with Crippen LogP contribution in [-0.2, 0) is 11.3 Å². The van der Waals surface area contributed by atoms with E-state index < -0.39 is 11.6 Å². The van der Waals surface area contributed by atoms with Crippen LogP contribution in [0.3, 0.4) is 0 Å². The third-order valence-electron chi connectivity index (χ3n) is 4.26. The molecule has 0 radical (unpaired) electrons. The fraction of sp³-hybridized carbons (Fsp3) is 0.389. The molecule has 0 aliphatic heterocycles. The molecular weight excluding hydrogens is 328 g/mol. The summed E-state index contributed by atoms with van der Waals surface area (Å²) in [6.07, 6.45) is 2.47. The Hall–Kier alpha value is -2.57. The number of hydrogen-bond acceptors (Lipinski definition) is 3. The van der Waals surface area contributed by atoms with Crippen LogP contribution in [0, 0.1) is 17.6 Å². The Balaban J connectivity index is 1.81. The van der Waals surface area contributed by atoms with Crippen molar-refractivity contribution in [1.29, 1.82) is 0 Å². The molecule has 5 nitrogen and oxygen atoms in total. The predicted molar refractivity (Wildman–Crippen MR) is 88.8 cm³/mol. The van der Waals surface area contributed by atoms with Crippen LogP contribution in [0.2, 0.25) is 0 Å². The van der Waals surface area contributed by atoms with E-state index in [1.54, 1.807) is 0 Å². The standard InChI is InChI=1S/C18H19F2N3O2/c1-2-13(21-18(25)11-3-4-11)10-23-17(24)8-7-16(22-23)12-5-6-14(19)15(20)9-12/h5-9,11,13H,2-4,10H2,1H3,(H,21,25)/t13-/m0/s1. The minimum atomic E-state index is -0.972. The summed E-state index contributed by atoms with van der Waals surface area (Å²) in [5, 5.41) is 7.16. The molecule has 0 unspecified atom stereocenters. The van der Waals surface area contributed by atoms with E-state index in [9.17, 15) is 18.4 Å². The van der Waals surface area contributed by atoms with E-state index in [1.165, 1.54) is 22.9 Å². The number of carbonyl (C=O) groups excluding carboxylic acids is 1. The SMILES string of the molecule is CC[C@@H](Cn1nc(-c2ccc(F)c(F)c2)ccc1=O)NC(=O)C1CC1. The summed E-state index contributed by atoms with van der Waals surface area (Å²) in [6, 6.07) is 6.06. The van der Waals surface area contributed by atoms with Crippen molar-refractivity contribution >= 4 is 5.91 Å².